The first-order valence-corrected chi connectivity index (χ1v) is 6.16. The third kappa shape index (κ3) is 1.35. The van der Waals surface area contributed by atoms with Gasteiger partial charge < -0.3 is 4.74 Å². The second-order valence-electron chi connectivity index (χ2n) is 3.53. The van der Waals surface area contributed by atoms with Crippen LogP contribution >= 0.6 is 31.9 Å². The molecule has 2 heterocycles. The molecule has 0 spiro atoms. The number of rotatable bonds is 2. The fourth-order valence-corrected chi connectivity index (χ4v) is 3.04. The Kier molecular flexibility index (Phi) is 2.70. The molecular weight excluding hydrogens is 312 g/mol. The Morgan fingerprint density at radius 1 is 1.57 bits per heavy atom. The lowest BCUT2D eigenvalue weighted by molar-refractivity contribution is -0.128. The molecule has 2 atom stereocenters. The lowest BCUT2D eigenvalue weighted by atomic mass is 9.97. The van der Waals surface area contributed by atoms with Crippen molar-refractivity contribution >= 4 is 37.6 Å². The van der Waals surface area contributed by atoms with Crippen LogP contribution in [0.1, 0.15) is 19.8 Å². The summed E-state index contributed by atoms with van der Waals surface area (Å²) in [5, 5.41) is 0. The molecule has 0 aliphatic carbocycles. The molecule has 4 heteroatoms. The Morgan fingerprint density at radius 3 is 2.93 bits per heavy atom. The average molecular weight is 322 g/mol. The van der Waals surface area contributed by atoms with Gasteiger partial charge in [0, 0.05) is 4.48 Å². The van der Waals surface area contributed by atoms with Gasteiger partial charge in [0.25, 0.3) is 0 Å². The van der Waals surface area contributed by atoms with Crippen molar-refractivity contribution < 1.29 is 9.53 Å². The summed E-state index contributed by atoms with van der Waals surface area (Å²) in [7, 11) is 0. The smallest absolute Gasteiger partial charge is 0.203 e. The first kappa shape index (κ1) is 10.6. The fraction of sp³-hybridized carbons (Fsp3) is 0.500. The first-order valence-electron chi connectivity index (χ1n) is 4.58. The van der Waals surface area contributed by atoms with Crippen molar-refractivity contribution in [2.24, 2.45) is 0 Å². The van der Waals surface area contributed by atoms with Gasteiger partial charge in [0.05, 0.1) is 4.48 Å². The van der Waals surface area contributed by atoms with Crippen molar-refractivity contribution in [1.29, 1.82) is 0 Å². The van der Waals surface area contributed by atoms with E-state index in [4.69, 9.17) is 4.74 Å². The monoisotopic (exact) mass is 320 g/mol. The van der Waals surface area contributed by atoms with Crippen LogP contribution in [0, 0.1) is 0 Å². The van der Waals surface area contributed by atoms with Crippen molar-refractivity contribution in [2.45, 2.75) is 31.5 Å². The topological polar surface area (TPSA) is 26.3 Å². The second-order valence-corrected chi connectivity index (χ2v) is 5.12. The lowest BCUT2D eigenvalue weighted by Gasteiger charge is -2.32. The Hall–Kier alpha value is 0.0700. The summed E-state index contributed by atoms with van der Waals surface area (Å²) in [6.07, 6.45) is 5.34. The molecule has 2 unspecified atom stereocenters. The molecule has 2 aliphatic rings. The van der Waals surface area contributed by atoms with Crippen LogP contribution < -0.4 is 0 Å². The van der Waals surface area contributed by atoms with Crippen LogP contribution in [0.3, 0.4) is 0 Å². The maximum absolute atomic E-state index is 11.6. The number of halogens is 2. The zero-order valence-electron chi connectivity index (χ0n) is 7.72. The Morgan fingerprint density at radius 2 is 2.29 bits per heavy atom. The molecule has 2 rings (SSSR count). The molecule has 0 amide bonds. The van der Waals surface area contributed by atoms with Gasteiger partial charge in [-0.05, 0) is 34.5 Å². The minimum Gasteiger partial charge on any atom is -0.350 e. The molecule has 0 aromatic heterocycles. The molecule has 0 fully saturated rings. The van der Waals surface area contributed by atoms with Gasteiger partial charge in [0.15, 0.2) is 0 Å². The van der Waals surface area contributed by atoms with Gasteiger partial charge in [-0.25, -0.2) is 0 Å². The van der Waals surface area contributed by atoms with Gasteiger partial charge in [0.2, 0.25) is 5.78 Å². The normalized spacial score (nSPS) is 35.6. The average Bonchev–Trinajstić information content (AvgIpc) is 2.56. The van der Waals surface area contributed by atoms with Crippen molar-refractivity contribution in [2.75, 3.05) is 0 Å². The SMILES string of the molecule is CCCC12C=CC(O1)C(=O)C(Br)=C2Br. The van der Waals surface area contributed by atoms with E-state index in [0.29, 0.717) is 4.48 Å². The van der Waals surface area contributed by atoms with E-state index in [0.717, 1.165) is 17.3 Å². The number of carbonyl (C=O) groups is 1. The van der Waals surface area contributed by atoms with Gasteiger partial charge in [-0.1, -0.05) is 29.3 Å². The number of hydrogen-bond acceptors (Lipinski definition) is 2. The quantitative estimate of drug-likeness (QED) is 0.731. The summed E-state index contributed by atoms with van der Waals surface area (Å²) < 4.78 is 7.16. The number of Topliss-reactive ketones (excluding diaryl/α,β-unsaturated/α-hetero) is 1. The van der Waals surface area contributed by atoms with Gasteiger partial charge in [-0.2, -0.15) is 0 Å². The molecule has 2 bridgehead atoms. The summed E-state index contributed by atoms with van der Waals surface area (Å²) in [6, 6.07) is 0. The van der Waals surface area contributed by atoms with E-state index in [1.165, 1.54) is 0 Å². The van der Waals surface area contributed by atoms with Crippen molar-refractivity contribution in [3.05, 3.63) is 21.1 Å². The van der Waals surface area contributed by atoms with E-state index in [2.05, 4.69) is 38.8 Å². The summed E-state index contributed by atoms with van der Waals surface area (Å²) in [5.74, 6) is -0.00245. The minimum atomic E-state index is -0.397. The molecule has 14 heavy (non-hydrogen) atoms. The molecule has 0 aromatic carbocycles. The van der Waals surface area contributed by atoms with Gasteiger partial charge >= 0.3 is 0 Å². The van der Waals surface area contributed by atoms with E-state index < -0.39 is 11.7 Å². The van der Waals surface area contributed by atoms with E-state index in [1.54, 1.807) is 0 Å². The summed E-state index contributed by atoms with van der Waals surface area (Å²) in [4.78, 5) is 11.6. The standard InChI is InChI=1S/C10H10Br2O2/c1-2-4-10-5-3-6(14-10)8(13)7(11)9(10)12/h3,5-6H,2,4H2,1H3. The summed E-state index contributed by atoms with van der Waals surface area (Å²) in [5.41, 5.74) is -0.397. The van der Waals surface area contributed by atoms with E-state index in [9.17, 15) is 4.79 Å². The number of carbonyl (C=O) groups excluding carboxylic acids is 1. The van der Waals surface area contributed by atoms with Crippen LogP contribution in [0.2, 0.25) is 0 Å². The summed E-state index contributed by atoms with van der Waals surface area (Å²) >= 11 is 6.75. The van der Waals surface area contributed by atoms with Gasteiger partial charge in [0.1, 0.15) is 11.7 Å². The highest BCUT2D eigenvalue weighted by Crippen LogP contribution is 2.46. The van der Waals surface area contributed by atoms with E-state index >= 15 is 0 Å². The fourth-order valence-electron chi connectivity index (χ4n) is 1.86. The number of hydrogen-bond donors (Lipinski definition) is 0. The molecule has 0 N–H and O–H groups in total. The maximum Gasteiger partial charge on any atom is 0.203 e. The predicted molar refractivity (Wildman–Crippen MR) is 61.5 cm³/mol. The first-order chi connectivity index (χ1) is 6.60. The zero-order chi connectivity index (χ0) is 10.3. The molecule has 0 radical (unpaired) electrons. The van der Waals surface area contributed by atoms with E-state index in [1.807, 2.05) is 12.2 Å². The highest BCUT2D eigenvalue weighted by Gasteiger charge is 2.46. The van der Waals surface area contributed by atoms with Crippen molar-refractivity contribution in [3.63, 3.8) is 0 Å². The number of ketones is 1. The van der Waals surface area contributed by atoms with Crippen LogP contribution in [-0.2, 0) is 9.53 Å². The van der Waals surface area contributed by atoms with Gasteiger partial charge in [-0.3, -0.25) is 4.79 Å². The van der Waals surface area contributed by atoms with Crippen molar-refractivity contribution in [3.8, 4) is 0 Å². The highest BCUT2D eigenvalue weighted by molar-refractivity contribution is 9.14. The Bertz CT molecular complexity index is 346. The second kappa shape index (κ2) is 3.58. The van der Waals surface area contributed by atoms with E-state index in [-0.39, 0.29) is 5.78 Å². The molecule has 0 saturated carbocycles. The lowest BCUT2D eigenvalue weighted by Crippen LogP contribution is -2.38. The maximum atomic E-state index is 11.6. The highest BCUT2D eigenvalue weighted by atomic mass is 79.9. The molecule has 0 aromatic rings. The van der Waals surface area contributed by atoms with Crippen molar-refractivity contribution in [1.82, 2.24) is 0 Å². The van der Waals surface area contributed by atoms with Crippen LogP contribution in [0.5, 0.6) is 0 Å². The van der Waals surface area contributed by atoms with Crippen LogP contribution in [0.15, 0.2) is 21.1 Å². The Balaban J connectivity index is 2.45. The molecule has 0 saturated heterocycles. The number of ether oxygens (including phenoxy) is 1. The molecule has 76 valence electrons. The largest absolute Gasteiger partial charge is 0.350 e. The minimum absolute atomic E-state index is 0.00245. The van der Waals surface area contributed by atoms with Gasteiger partial charge in [-0.15, -0.1) is 0 Å². The zero-order valence-corrected chi connectivity index (χ0v) is 10.9. The third-order valence-corrected chi connectivity index (χ3v) is 4.92. The predicted octanol–water partition coefficient (Wildman–Crippen LogP) is 3.06. The summed E-state index contributed by atoms with van der Waals surface area (Å²) in [6.45, 7) is 2.10. The van der Waals surface area contributed by atoms with Crippen LogP contribution in [0.25, 0.3) is 0 Å². The van der Waals surface area contributed by atoms with Crippen LogP contribution in [0.4, 0.5) is 0 Å². The molecular formula is C10H10Br2O2. The Labute approximate surface area is 99.6 Å². The molecule has 2 nitrogen and oxygen atoms in total. The number of fused-ring (bicyclic) bond motifs is 2. The third-order valence-electron chi connectivity index (χ3n) is 2.54. The van der Waals surface area contributed by atoms with Crippen LogP contribution in [-0.4, -0.2) is 17.5 Å². The molecule has 2 aliphatic heterocycles.